The fraction of sp³-hybridized carbons (Fsp3) is 0.545. The molecular formula is C11H17N3O4S. The maximum Gasteiger partial charge on any atom is 0.326 e. The Kier molecular flexibility index (Phi) is 6.23. The molecule has 0 aliphatic heterocycles. The number of thiazole rings is 1. The van der Waals surface area contributed by atoms with E-state index in [1.807, 2.05) is 6.92 Å². The fourth-order valence-corrected chi connectivity index (χ4v) is 2.15. The fourth-order valence-electron chi connectivity index (χ4n) is 1.34. The van der Waals surface area contributed by atoms with Gasteiger partial charge in [0.15, 0.2) is 0 Å². The normalized spacial score (nSPS) is 11.9. The summed E-state index contributed by atoms with van der Waals surface area (Å²) in [6.45, 7) is 1.97. The van der Waals surface area contributed by atoms with Gasteiger partial charge in [-0.2, -0.15) is 0 Å². The summed E-state index contributed by atoms with van der Waals surface area (Å²) in [7, 11) is 0. The number of aliphatic carboxylic acids is 1. The Morgan fingerprint density at radius 2 is 2.26 bits per heavy atom. The summed E-state index contributed by atoms with van der Waals surface area (Å²) in [6.07, 6.45) is 2.62. The van der Waals surface area contributed by atoms with Crippen molar-refractivity contribution in [2.45, 2.75) is 32.4 Å². The molecule has 0 saturated carbocycles. The number of nitrogens with one attached hydrogen (secondary N) is 2. The molecule has 1 heterocycles. The smallest absolute Gasteiger partial charge is 0.326 e. The molecule has 2 amide bonds. The van der Waals surface area contributed by atoms with E-state index in [4.69, 9.17) is 10.2 Å². The number of carbonyl (C=O) groups excluding carboxylic acids is 1. The number of hydrogen-bond donors (Lipinski definition) is 4. The van der Waals surface area contributed by atoms with Crippen molar-refractivity contribution in [2.75, 3.05) is 6.61 Å². The van der Waals surface area contributed by atoms with Crippen molar-refractivity contribution in [3.8, 4) is 0 Å². The van der Waals surface area contributed by atoms with E-state index in [0.717, 1.165) is 16.3 Å². The van der Waals surface area contributed by atoms with E-state index < -0.39 is 18.0 Å². The first-order chi connectivity index (χ1) is 9.06. The quantitative estimate of drug-likeness (QED) is 0.578. The zero-order valence-electron chi connectivity index (χ0n) is 10.5. The molecule has 1 aromatic rings. The predicted molar refractivity (Wildman–Crippen MR) is 70.0 cm³/mol. The molecular weight excluding hydrogens is 270 g/mol. The second-order valence-electron chi connectivity index (χ2n) is 3.80. The molecule has 1 unspecified atom stereocenters. The van der Waals surface area contributed by atoms with Crippen LogP contribution in [0.1, 0.15) is 23.2 Å². The van der Waals surface area contributed by atoms with Crippen LogP contribution in [0.2, 0.25) is 0 Å². The molecule has 0 aliphatic carbocycles. The summed E-state index contributed by atoms with van der Waals surface area (Å²) < 4.78 is 0. The van der Waals surface area contributed by atoms with Gasteiger partial charge >= 0.3 is 12.0 Å². The predicted octanol–water partition coefficient (Wildman–Crippen LogP) is 0.340. The van der Waals surface area contributed by atoms with Crippen molar-refractivity contribution in [2.24, 2.45) is 0 Å². The average Bonchev–Trinajstić information content (AvgIpc) is 2.83. The van der Waals surface area contributed by atoms with Crippen molar-refractivity contribution < 1.29 is 19.8 Å². The largest absolute Gasteiger partial charge is 0.480 e. The van der Waals surface area contributed by atoms with Gasteiger partial charge in [0.2, 0.25) is 0 Å². The minimum absolute atomic E-state index is 0.0278. The Labute approximate surface area is 114 Å². The monoisotopic (exact) mass is 287 g/mol. The maximum atomic E-state index is 11.5. The Morgan fingerprint density at radius 1 is 1.53 bits per heavy atom. The highest BCUT2D eigenvalue weighted by Crippen LogP contribution is 2.12. The molecule has 0 fully saturated rings. The Balaban J connectivity index is 2.40. The van der Waals surface area contributed by atoms with Gasteiger partial charge < -0.3 is 20.8 Å². The van der Waals surface area contributed by atoms with Crippen molar-refractivity contribution in [3.05, 3.63) is 16.1 Å². The van der Waals surface area contributed by atoms with Gasteiger partial charge in [0.05, 0.1) is 6.54 Å². The minimum Gasteiger partial charge on any atom is -0.480 e. The van der Waals surface area contributed by atoms with Crippen molar-refractivity contribution in [1.82, 2.24) is 15.6 Å². The lowest BCUT2D eigenvalue weighted by atomic mass is 10.2. The molecule has 1 atom stereocenters. The molecule has 0 radical (unpaired) electrons. The summed E-state index contributed by atoms with van der Waals surface area (Å²) in [5.41, 5.74) is 0. The lowest BCUT2D eigenvalue weighted by molar-refractivity contribution is -0.139. The SMILES string of the molecule is CCc1cnc(CNC(=O)NC(CCO)C(=O)O)s1. The second kappa shape index (κ2) is 7.70. The second-order valence-corrected chi connectivity index (χ2v) is 5.00. The first-order valence-electron chi connectivity index (χ1n) is 5.88. The number of urea groups is 1. The number of carbonyl (C=O) groups is 2. The first-order valence-corrected chi connectivity index (χ1v) is 6.70. The van der Waals surface area contributed by atoms with Crippen molar-refractivity contribution in [1.29, 1.82) is 0 Å². The van der Waals surface area contributed by atoms with E-state index in [9.17, 15) is 9.59 Å². The van der Waals surface area contributed by atoms with Crippen LogP contribution >= 0.6 is 11.3 Å². The lowest BCUT2D eigenvalue weighted by Crippen LogP contribution is -2.46. The summed E-state index contributed by atoms with van der Waals surface area (Å²) >= 11 is 1.50. The molecule has 0 aliphatic rings. The maximum absolute atomic E-state index is 11.5. The third-order valence-electron chi connectivity index (χ3n) is 2.37. The Morgan fingerprint density at radius 3 is 2.79 bits per heavy atom. The number of aryl methyl sites for hydroxylation is 1. The molecule has 0 saturated heterocycles. The summed E-state index contributed by atoms with van der Waals surface area (Å²) in [6, 6.07) is -1.68. The van der Waals surface area contributed by atoms with Gasteiger partial charge in [-0.05, 0) is 6.42 Å². The van der Waals surface area contributed by atoms with E-state index in [1.54, 1.807) is 6.20 Å². The average molecular weight is 287 g/mol. The molecule has 4 N–H and O–H groups in total. The van der Waals surface area contributed by atoms with Crippen LogP contribution in [0.15, 0.2) is 6.20 Å². The van der Waals surface area contributed by atoms with Crippen LogP contribution in [0.4, 0.5) is 4.79 Å². The van der Waals surface area contributed by atoms with Gasteiger partial charge in [-0.1, -0.05) is 6.92 Å². The number of carboxylic acid groups (broad SMARTS) is 1. The van der Waals surface area contributed by atoms with Crippen LogP contribution in [0.25, 0.3) is 0 Å². The number of amides is 2. The van der Waals surface area contributed by atoms with Gasteiger partial charge in [0.1, 0.15) is 11.0 Å². The van der Waals surface area contributed by atoms with Crippen LogP contribution < -0.4 is 10.6 Å². The third kappa shape index (κ3) is 5.23. The topological polar surface area (TPSA) is 112 Å². The summed E-state index contributed by atoms with van der Waals surface area (Å²) in [5, 5.41) is 23.1. The van der Waals surface area contributed by atoms with Gasteiger partial charge in [0.25, 0.3) is 0 Å². The van der Waals surface area contributed by atoms with E-state index >= 15 is 0 Å². The number of nitrogens with zero attached hydrogens (tertiary/aromatic N) is 1. The van der Waals surface area contributed by atoms with Crippen molar-refractivity contribution >= 4 is 23.3 Å². The number of aliphatic hydroxyl groups excluding tert-OH is 1. The molecule has 7 nitrogen and oxygen atoms in total. The highest BCUT2D eigenvalue weighted by atomic mass is 32.1. The molecule has 106 valence electrons. The van der Waals surface area contributed by atoms with Crippen molar-refractivity contribution in [3.63, 3.8) is 0 Å². The standard InChI is InChI=1S/C11H17N3O4S/c1-2-7-5-12-9(19-7)6-13-11(18)14-8(3-4-15)10(16)17/h5,8,15H,2-4,6H2,1H3,(H,16,17)(H2,13,14,18). The molecule has 0 bridgehead atoms. The molecule has 0 aromatic carbocycles. The lowest BCUT2D eigenvalue weighted by Gasteiger charge is -2.13. The third-order valence-corrected chi connectivity index (χ3v) is 3.51. The highest BCUT2D eigenvalue weighted by Gasteiger charge is 2.18. The molecule has 1 aromatic heterocycles. The van der Waals surface area contributed by atoms with E-state index in [1.165, 1.54) is 11.3 Å². The van der Waals surface area contributed by atoms with E-state index in [-0.39, 0.29) is 19.6 Å². The summed E-state index contributed by atoms with van der Waals surface area (Å²) in [4.78, 5) is 27.5. The van der Waals surface area contributed by atoms with Gasteiger partial charge in [0, 0.05) is 24.1 Å². The molecule has 1 rings (SSSR count). The van der Waals surface area contributed by atoms with E-state index in [2.05, 4.69) is 15.6 Å². The van der Waals surface area contributed by atoms with Crippen LogP contribution in [0.5, 0.6) is 0 Å². The Hall–Kier alpha value is -1.67. The number of aromatic nitrogens is 1. The van der Waals surface area contributed by atoms with Crippen LogP contribution in [-0.2, 0) is 17.8 Å². The van der Waals surface area contributed by atoms with Gasteiger partial charge in [-0.25, -0.2) is 14.6 Å². The van der Waals surface area contributed by atoms with E-state index in [0.29, 0.717) is 0 Å². The van der Waals surface area contributed by atoms with Gasteiger partial charge in [-0.15, -0.1) is 11.3 Å². The molecule has 0 spiro atoms. The van der Waals surface area contributed by atoms with Crippen LogP contribution in [0, 0.1) is 0 Å². The van der Waals surface area contributed by atoms with Crippen LogP contribution in [0.3, 0.4) is 0 Å². The van der Waals surface area contributed by atoms with Gasteiger partial charge in [-0.3, -0.25) is 0 Å². The highest BCUT2D eigenvalue weighted by molar-refractivity contribution is 7.11. The minimum atomic E-state index is -1.17. The molecule has 8 heteroatoms. The number of aliphatic hydroxyl groups is 1. The number of hydrogen-bond acceptors (Lipinski definition) is 5. The number of rotatable bonds is 7. The zero-order valence-corrected chi connectivity index (χ0v) is 11.4. The molecule has 19 heavy (non-hydrogen) atoms. The first kappa shape index (κ1) is 15.4. The summed E-state index contributed by atoms with van der Waals surface area (Å²) in [5.74, 6) is -1.17. The number of carboxylic acids is 1. The Bertz CT molecular complexity index is 435. The zero-order chi connectivity index (χ0) is 14.3. The van der Waals surface area contributed by atoms with Crippen LogP contribution in [-0.4, -0.2) is 39.8 Å².